The highest BCUT2D eigenvalue weighted by Gasteiger charge is 2.34. The van der Waals surface area contributed by atoms with Crippen molar-refractivity contribution in [2.75, 3.05) is 19.7 Å². The van der Waals surface area contributed by atoms with E-state index in [1.807, 2.05) is 36.4 Å². The molecule has 0 aromatic heterocycles. The Kier molecular flexibility index (Phi) is 10.4. The number of halogens is 5. The molecular formula is C32H28BrClF3NO2. The van der Waals surface area contributed by atoms with Gasteiger partial charge in [0, 0.05) is 35.6 Å². The van der Waals surface area contributed by atoms with Crippen LogP contribution in [0.25, 0.3) is 0 Å². The van der Waals surface area contributed by atoms with Crippen LogP contribution in [0, 0.1) is 0 Å². The number of nitrogens with zero attached hydrogens (tertiary/aromatic N) is 1. The number of carbonyl (C=O) groups is 1. The predicted octanol–water partition coefficient (Wildman–Crippen LogP) is 9.04. The summed E-state index contributed by atoms with van der Waals surface area (Å²) in [5.74, 6) is 0.568. The van der Waals surface area contributed by atoms with Gasteiger partial charge in [-0.2, -0.15) is 13.2 Å². The largest absolute Gasteiger partial charge is 0.494 e. The molecule has 0 fully saturated rings. The van der Waals surface area contributed by atoms with Crippen LogP contribution in [0.5, 0.6) is 5.75 Å². The van der Waals surface area contributed by atoms with E-state index >= 15 is 0 Å². The van der Waals surface area contributed by atoms with Crippen LogP contribution in [0.1, 0.15) is 45.0 Å². The van der Waals surface area contributed by atoms with E-state index in [0.29, 0.717) is 47.5 Å². The van der Waals surface area contributed by atoms with E-state index in [9.17, 15) is 18.0 Å². The molecule has 0 saturated carbocycles. The lowest BCUT2D eigenvalue weighted by Crippen LogP contribution is -2.31. The van der Waals surface area contributed by atoms with Gasteiger partial charge in [0.15, 0.2) is 6.29 Å². The molecule has 0 unspecified atom stereocenters. The summed E-state index contributed by atoms with van der Waals surface area (Å²) in [6.07, 6.45) is -3.17. The van der Waals surface area contributed by atoms with Crippen molar-refractivity contribution in [3.8, 4) is 5.75 Å². The predicted molar refractivity (Wildman–Crippen MR) is 156 cm³/mol. The summed E-state index contributed by atoms with van der Waals surface area (Å²) in [4.78, 5) is 13.4. The van der Waals surface area contributed by atoms with Gasteiger partial charge in [0.1, 0.15) is 5.75 Å². The van der Waals surface area contributed by atoms with Crippen molar-refractivity contribution in [2.45, 2.75) is 25.1 Å². The molecule has 0 amide bonds. The minimum Gasteiger partial charge on any atom is -0.494 e. The lowest BCUT2D eigenvalue weighted by Gasteiger charge is -2.29. The average Bonchev–Trinajstić information content (AvgIpc) is 2.95. The molecule has 0 spiro atoms. The lowest BCUT2D eigenvalue weighted by molar-refractivity contribution is -0.137. The van der Waals surface area contributed by atoms with Gasteiger partial charge >= 0.3 is 6.18 Å². The Morgan fingerprint density at radius 1 is 0.900 bits per heavy atom. The highest BCUT2D eigenvalue weighted by molar-refractivity contribution is 9.10. The third-order valence-corrected chi connectivity index (χ3v) is 7.77. The van der Waals surface area contributed by atoms with Gasteiger partial charge in [-0.1, -0.05) is 100 Å². The van der Waals surface area contributed by atoms with Crippen LogP contribution in [0.2, 0.25) is 5.02 Å². The Morgan fingerprint density at radius 2 is 1.55 bits per heavy atom. The second-order valence-electron chi connectivity index (χ2n) is 9.39. The van der Waals surface area contributed by atoms with Gasteiger partial charge in [0.05, 0.1) is 17.2 Å². The van der Waals surface area contributed by atoms with Crippen LogP contribution < -0.4 is 4.74 Å². The van der Waals surface area contributed by atoms with E-state index in [-0.39, 0.29) is 17.5 Å². The number of hydrogen-bond donors (Lipinski definition) is 0. The van der Waals surface area contributed by atoms with Crippen LogP contribution in [0.4, 0.5) is 13.2 Å². The summed E-state index contributed by atoms with van der Waals surface area (Å²) in [6, 6.07) is 29.4. The smallest absolute Gasteiger partial charge is 0.417 e. The zero-order valence-electron chi connectivity index (χ0n) is 21.6. The van der Waals surface area contributed by atoms with E-state index in [2.05, 4.69) is 45.1 Å². The first-order valence-corrected chi connectivity index (χ1v) is 14.0. The third kappa shape index (κ3) is 7.96. The van der Waals surface area contributed by atoms with E-state index < -0.39 is 11.7 Å². The summed E-state index contributed by atoms with van der Waals surface area (Å²) in [6.45, 7) is 1.73. The number of ether oxygens (including phenoxy) is 1. The van der Waals surface area contributed by atoms with Crippen LogP contribution in [-0.4, -0.2) is 30.9 Å². The van der Waals surface area contributed by atoms with E-state index in [4.69, 9.17) is 16.3 Å². The SMILES string of the molecule is O=Cc1cc(OCCCN(Cc2cccc(C(F)(F)F)c2Cl)CC(c2ccccc2)c2ccccc2)ccc1Br. The quantitative estimate of drug-likeness (QED) is 0.116. The van der Waals surface area contributed by atoms with Gasteiger partial charge in [-0.15, -0.1) is 0 Å². The zero-order valence-corrected chi connectivity index (χ0v) is 23.9. The van der Waals surface area contributed by atoms with Crippen molar-refractivity contribution < 1.29 is 22.7 Å². The van der Waals surface area contributed by atoms with Crippen molar-refractivity contribution in [3.63, 3.8) is 0 Å². The zero-order chi connectivity index (χ0) is 28.5. The molecule has 0 aliphatic rings. The Hall–Kier alpha value is -3.13. The van der Waals surface area contributed by atoms with Crippen LogP contribution in [-0.2, 0) is 12.7 Å². The summed E-state index contributed by atoms with van der Waals surface area (Å²) in [7, 11) is 0. The van der Waals surface area contributed by atoms with E-state index in [1.54, 1.807) is 24.3 Å². The highest BCUT2D eigenvalue weighted by Crippen LogP contribution is 2.37. The van der Waals surface area contributed by atoms with Crippen LogP contribution in [0.3, 0.4) is 0 Å². The Morgan fingerprint density at radius 3 is 2.15 bits per heavy atom. The van der Waals surface area contributed by atoms with Gasteiger partial charge < -0.3 is 4.74 Å². The van der Waals surface area contributed by atoms with Crippen LogP contribution in [0.15, 0.2) is 102 Å². The normalized spacial score (nSPS) is 11.7. The van der Waals surface area contributed by atoms with Crippen molar-refractivity contribution in [3.05, 3.63) is 134 Å². The van der Waals surface area contributed by atoms with Gasteiger partial charge in [-0.25, -0.2) is 0 Å². The molecule has 0 N–H and O–H groups in total. The first-order chi connectivity index (χ1) is 19.3. The van der Waals surface area contributed by atoms with Gasteiger partial charge in [-0.05, 0) is 47.4 Å². The minimum atomic E-state index is -4.53. The van der Waals surface area contributed by atoms with Gasteiger partial charge in [0.25, 0.3) is 0 Å². The molecule has 4 aromatic carbocycles. The van der Waals surface area contributed by atoms with Crippen molar-refractivity contribution in [2.24, 2.45) is 0 Å². The molecule has 0 aliphatic heterocycles. The number of alkyl halides is 3. The maximum absolute atomic E-state index is 13.6. The maximum atomic E-state index is 13.6. The number of rotatable bonds is 12. The molecule has 8 heteroatoms. The van der Waals surface area contributed by atoms with Crippen LogP contribution >= 0.6 is 27.5 Å². The molecule has 0 aliphatic carbocycles. The molecule has 0 radical (unpaired) electrons. The topological polar surface area (TPSA) is 29.5 Å². The van der Waals surface area contributed by atoms with Crippen molar-refractivity contribution in [1.82, 2.24) is 4.90 Å². The second-order valence-corrected chi connectivity index (χ2v) is 10.6. The van der Waals surface area contributed by atoms with E-state index in [1.165, 1.54) is 6.07 Å². The summed E-state index contributed by atoms with van der Waals surface area (Å²) < 4.78 is 47.3. The molecule has 0 heterocycles. The first kappa shape index (κ1) is 29.8. The summed E-state index contributed by atoms with van der Waals surface area (Å²) in [5, 5.41) is -0.275. The summed E-state index contributed by atoms with van der Waals surface area (Å²) >= 11 is 9.62. The molecule has 4 rings (SSSR count). The lowest BCUT2D eigenvalue weighted by atomic mass is 9.90. The molecule has 3 nitrogen and oxygen atoms in total. The van der Waals surface area contributed by atoms with Crippen molar-refractivity contribution in [1.29, 1.82) is 0 Å². The van der Waals surface area contributed by atoms with Crippen molar-refractivity contribution >= 4 is 33.8 Å². The fourth-order valence-electron chi connectivity index (χ4n) is 4.61. The van der Waals surface area contributed by atoms with E-state index in [0.717, 1.165) is 23.5 Å². The standard InChI is InChI=1S/C32H28BrClF3NO2/c33-30-16-15-27(19-26(30)22-39)40-18-8-17-38(20-25-13-7-14-29(31(25)34)32(35,36)37)21-28(23-9-3-1-4-10-23)24-11-5-2-6-12-24/h1-7,9-16,19,22,28H,8,17-18,20-21H2. The first-order valence-electron chi connectivity index (χ1n) is 12.8. The number of aldehydes is 1. The molecular weight excluding hydrogens is 603 g/mol. The molecule has 0 atom stereocenters. The monoisotopic (exact) mass is 629 g/mol. The molecule has 0 saturated heterocycles. The van der Waals surface area contributed by atoms with Gasteiger partial charge in [0.2, 0.25) is 0 Å². The molecule has 208 valence electrons. The Bertz CT molecular complexity index is 1360. The summed E-state index contributed by atoms with van der Waals surface area (Å²) in [5.41, 5.74) is 2.30. The minimum absolute atomic E-state index is 0.00508. The fraction of sp³-hybridized carbons (Fsp3) is 0.219. The number of benzene rings is 4. The second kappa shape index (κ2) is 14.0. The Balaban J connectivity index is 1.56. The highest BCUT2D eigenvalue weighted by atomic mass is 79.9. The third-order valence-electron chi connectivity index (χ3n) is 6.60. The number of carbonyl (C=O) groups excluding carboxylic acids is 1. The fourth-order valence-corrected chi connectivity index (χ4v) is 5.24. The Labute approximate surface area is 245 Å². The average molecular weight is 631 g/mol. The number of hydrogen-bond acceptors (Lipinski definition) is 3. The molecule has 40 heavy (non-hydrogen) atoms. The maximum Gasteiger partial charge on any atom is 0.417 e. The van der Waals surface area contributed by atoms with Gasteiger partial charge in [-0.3, -0.25) is 9.69 Å². The molecule has 4 aromatic rings. The molecule has 0 bridgehead atoms.